The van der Waals surface area contributed by atoms with Crippen LogP contribution < -0.4 is 5.32 Å². The van der Waals surface area contributed by atoms with Gasteiger partial charge < -0.3 is 5.32 Å². The molecule has 0 aliphatic rings. The average Bonchev–Trinajstić information content (AvgIpc) is 2.43. The van der Waals surface area contributed by atoms with Crippen LogP contribution in [0.3, 0.4) is 0 Å². The van der Waals surface area contributed by atoms with Gasteiger partial charge in [-0.3, -0.25) is 0 Å². The highest BCUT2D eigenvalue weighted by Crippen LogP contribution is 2.31. The Kier molecular flexibility index (Phi) is 4.36. The maximum Gasteiger partial charge on any atom is 0.103 e. The predicted molar refractivity (Wildman–Crippen MR) is 82.4 cm³/mol. The van der Waals surface area contributed by atoms with Crippen LogP contribution in [-0.2, 0) is 0 Å². The Bertz CT molecular complexity index is 647. The third-order valence-corrected chi connectivity index (χ3v) is 4.08. The zero-order valence-corrected chi connectivity index (χ0v) is 12.3. The lowest BCUT2D eigenvalue weighted by Gasteiger charge is -2.13. The maximum absolute atomic E-state index is 9.30. The molecule has 0 aliphatic carbocycles. The summed E-state index contributed by atoms with van der Waals surface area (Å²) in [7, 11) is 0. The first kappa shape index (κ1) is 13.8. The first-order valence-corrected chi connectivity index (χ1v) is 7.37. The Labute approximate surface area is 122 Å². The number of nitrogens with one attached hydrogen (secondary N) is 1. The predicted octanol–water partition coefficient (Wildman–Crippen LogP) is 4.99. The molecule has 1 N–H and O–H groups in total. The summed E-state index contributed by atoms with van der Waals surface area (Å²) < 4.78 is 0. The quantitative estimate of drug-likeness (QED) is 0.809. The van der Waals surface area contributed by atoms with Crippen molar-refractivity contribution in [3.05, 3.63) is 52.5 Å². The largest absolute Gasteiger partial charge is 0.354 e. The van der Waals surface area contributed by atoms with Crippen molar-refractivity contribution in [2.75, 3.05) is 11.6 Å². The number of thioether (sulfide) groups is 1. The second-order valence-corrected chi connectivity index (χ2v) is 5.29. The molecule has 0 heterocycles. The fourth-order valence-electron chi connectivity index (χ4n) is 1.81. The van der Waals surface area contributed by atoms with E-state index in [2.05, 4.69) is 11.4 Å². The highest BCUT2D eigenvalue weighted by Gasteiger charge is 2.09. The maximum atomic E-state index is 9.30. The van der Waals surface area contributed by atoms with Crippen LogP contribution in [0, 0.1) is 18.3 Å². The molecule has 0 spiro atoms. The number of halogens is 1. The van der Waals surface area contributed by atoms with Gasteiger partial charge in [0.15, 0.2) is 0 Å². The van der Waals surface area contributed by atoms with Crippen LogP contribution in [0.5, 0.6) is 0 Å². The summed E-state index contributed by atoms with van der Waals surface area (Å²) in [5, 5.41) is 13.3. The van der Waals surface area contributed by atoms with E-state index in [-0.39, 0.29) is 0 Å². The minimum Gasteiger partial charge on any atom is -0.354 e. The molecule has 0 saturated carbocycles. The topological polar surface area (TPSA) is 35.8 Å². The number of benzene rings is 2. The summed E-state index contributed by atoms with van der Waals surface area (Å²) >= 11 is 7.67. The fraction of sp³-hybridized carbons (Fsp3) is 0.133. The summed E-state index contributed by atoms with van der Waals surface area (Å²) in [6, 6.07) is 13.7. The molecule has 0 radical (unpaired) electrons. The molecule has 0 fully saturated rings. The van der Waals surface area contributed by atoms with Crippen molar-refractivity contribution >= 4 is 34.7 Å². The van der Waals surface area contributed by atoms with Gasteiger partial charge in [-0.15, -0.1) is 11.8 Å². The van der Waals surface area contributed by atoms with Gasteiger partial charge in [-0.2, -0.15) is 5.26 Å². The summed E-state index contributed by atoms with van der Waals surface area (Å²) in [6.45, 7) is 1.95. The minimum atomic E-state index is 0.661. The lowest BCUT2D eigenvalue weighted by molar-refractivity contribution is 1.35. The molecule has 0 aromatic heterocycles. The molecule has 0 unspecified atom stereocenters. The van der Waals surface area contributed by atoms with Crippen molar-refractivity contribution in [2.45, 2.75) is 11.8 Å². The molecule has 2 rings (SSSR count). The van der Waals surface area contributed by atoms with Gasteiger partial charge in [0.1, 0.15) is 6.07 Å². The fourth-order valence-corrected chi connectivity index (χ4v) is 2.56. The van der Waals surface area contributed by atoms with Crippen molar-refractivity contribution < 1.29 is 0 Å². The first-order valence-electron chi connectivity index (χ1n) is 5.76. The van der Waals surface area contributed by atoms with Crippen molar-refractivity contribution in [2.24, 2.45) is 0 Å². The van der Waals surface area contributed by atoms with E-state index in [4.69, 9.17) is 11.6 Å². The van der Waals surface area contributed by atoms with Crippen LogP contribution >= 0.6 is 23.4 Å². The van der Waals surface area contributed by atoms with E-state index in [1.165, 1.54) is 0 Å². The van der Waals surface area contributed by atoms with Gasteiger partial charge in [-0.05, 0) is 43.0 Å². The van der Waals surface area contributed by atoms with Crippen LogP contribution in [0.1, 0.15) is 11.1 Å². The SMILES string of the molecule is CSc1cccc(Nc2cccc(Cl)c2C)c1C#N. The second kappa shape index (κ2) is 6.01. The Morgan fingerprint density at radius 1 is 1.16 bits per heavy atom. The number of nitrogens with zero attached hydrogens (tertiary/aromatic N) is 1. The van der Waals surface area contributed by atoms with Gasteiger partial charge in [-0.25, -0.2) is 0 Å². The Balaban J connectivity index is 2.44. The van der Waals surface area contributed by atoms with Crippen molar-refractivity contribution in [3.8, 4) is 6.07 Å². The lowest BCUT2D eigenvalue weighted by atomic mass is 10.1. The molecule has 0 saturated heterocycles. The third-order valence-electron chi connectivity index (χ3n) is 2.89. The molecule has 0 amide bonds. The smallest absolute Gasteiger partial charge is 0.103 e. The van der Waals surface area contributed by atoms with Crippen molar-refractivity contribution in [1.82, 2.24) is 0 Å². The van der Waals surface area contributed by atoms with E-state index in [1.807, 2.05) is 49.6 Å². The summed E-state index contributed by atoms with van der Waals surface area (Å²) in [5.41, 5.74) is 3.36. The highest BCUT2D eigenvalue weighted by molar-refractivity contribution is 7.98. The summed E-state index contributed by atoms with van der Waals surface area (Å²) in [4.78, 5) is 0.965. The van der Waals surface area contributed by atoms with E-state index in [0.717, 1.165) is 21.8 Å². The molecule has 0 bridgehead atoms. The molecule has 4 heteroatoms. The number of hydrogen-bond donors (Lipinski definition) is 1. The van der Waals surface area contributed by atoms with Crippen molar-refractivity contribution in [1.29, 1.82) is 5.26 Å². The van der Waals surface area contributed by atoms with Gasteiger partial charge in [0.25, 0.3) is 0 Å². The van der Waals surface area contributed by atoms with Crippen LogP contribution in [0.4, 0.5) is 11.4 Å². The number of rotatable bonds is 3. The molecule has 2 aromatic carbocycles. The summed E-state index contributed by atoms with van der Waals surface area (Å²) in [6.07, 6.45) is 1.96. The zero-order valence-electron chi connectivity index (χ0n) is 10.7. The van der Waals surface area contributed by atoms with Gasteiger partial charge in [0.05, 0.1) is 11.3 Å². The van der Waals surface area contributed by atoms with Crippen LogP contribution in [0.25, 0.3) is 0 Å². The lowest BCUT2D eigenvalue weighted by Crippen LogP contribution is -1.97. The van der Waals surface area contributed by atoms with Gasteiger partial charge in [-0.1, -0.05) is 23.7 Å². The molecular formula is C15H13ClN2S. The normalized spacial score (nSPS) is 10.0. The van der Waals surface area contributed by atoms with E-state index in [9.17, 15) is 5.26 Å². The van der Waals surface area contributed by atoms with E-state index >= 15 is 0 Å². The van der Waals surface area contributed by atoms with Gasteiger partial charge in [0.2, 0.25) is 0 Å². The standard InChI is InChI=1S/C15H13ClN2S/c1-10-12(16)5-3-6-13(10)18-14-7-4-8-15(19-2)11(14)9-17/h3-8,18H,1-2H3. The molecule has 2 nitrogen and oxygen atoms in total. The average molecular weight is 289 g/mol. The summed E-state index contributed by atoms with van der Waals surface area (Å²) in [5.74, 6) is 0. The number of nitriles is 1. The Hall–Kier alpha value is -1.63. The van der Waals surface area contributed by atoms with Crippen LogP contribution in [0.15, 0.2) is 41.3 Å². The van der Waals surface area contributed by atoms with E-state index < -0.39 is 0 Å². The molecule has 96 valence electrons. The van der Waals surface area contributed by atoms with Crippen molar-refractivity contribution in [3.63, 3.8) is 0 Å². The van der Waals surface area contributed by atoms with Crippen LogP contribution in [0.2, 0.25) is 5.02 Å². The first-order chi connectivity index (χ1) is 9.17. The van der Waals surface area contributed by atoms with Gasteiger partial charge in [0, 0.05) is 15.6 Å². The van der Waals surface area contributed by atoms with E-state index in [1.54, 1.807) is 11.8 Å². The minimum absolute atomic E-state index is 0.661. The molecule has 2 aromatic rings. The Morgan fingerprint density at radius 3 is 2.53 bits per heavy atom. The zero-order chi connectivity index (χ0) is 13.8. The molecular weight excluding hydrogens is 276 g/mol. The van der Waals surface area contributed by atoms with E-state index in [0.29, 0.717) is 10.6 Å². The molecule has 0 atom stereocenters. The monoisotopic (exact) mass is 288 g/mol. The Morgan fingerprint density at radius 2 is 1.84 bits per heavy atom. The number of anilines is 2. The second-order valence-electron chi connectivity index (χ2n) is 4.03. The molecule has 0 aliphatic heterocycles. The van der Waals surface area contributed by atoms with Gasteiger partial charge >= 0.3 is 0 Å². The number of hydrogen-bond acceptors (Lipinski definition) is 3. The van der Waals surface area contributed by atoms with Crippen LogP contribution in [-0.4, -0.2) is 6.26 Å². The highest BCUT2D eigenvalue weighted by atomic mass is 35.5. The third kappa shape index (κ3) is 2.86. The molecule has 19 heavy (non-hydrogen) atoms.